The Kier molecular flexibility index (Phi) is 5.22. The van der Waals surface area contributed by atoms with Gasteiger partial charge in [-0.05, 0) is 72.7 Å². The van der Waals surface area contributed by atoms with Crippen molar-refractivity contribution in [2.24, 2.45) is 0 Å². The summed E-state index contributed by atoms with van der Waals surface area (Å²) < 4.78 is 2.18. The predicted octanol–water partition coefficient (Wildman–Crippen LogP) is 5.01. The Morgan fingerprint density at radius 1 is 0.935 bits per heavy atom. The third-order valence-electron chi connectivity index (χ3n) is 5.73. The number of benzene rings is 1. The van der Waals surface area contributed by atoms with Crippen LogP contribution < -0.4 is 10.2 Å². The molecular weight excluding hydrogens is 402 g/mol. The van der Waals surface area contributed by atoms with Gasteiger partial charge in [0.1, 0.15) is 6.04 Å². The van der Waals surface area contributed by atoms with E-state index in [0.717, 1.165) is 29.2 Å². The summed E-state index contributed by atoms with van der Waals surface area (Å²) in [6.45, 7) is 2.16. The first-order valence-corrected chi connectivity index (χ1v) is 10.8. The van der Waals surface area contributed by atoms with Crippen LogP contribution in [0.1, 0.15) is 36.0 Å². The van der Waals surface area contributed by atoms with E-state index in [0.29, 0.717) is 5.11 Å². The molecule has 4 aromatic rings. The minimum Gasteiger partial charge on any atom is -0.351 e. The number of pyridine rings is 2. The SMILES string of the molecule is CCc1ccc(N2C(=S)N[C@@H](c3ccccn3)[C@H]2c2cccn2-c2cccnc2)cc1. The minimum atomic E-state index is -0.0788. The van der Waals surface area contributed by atoms with E-state index in [-0.39, 0.29) is 12.1 Å². The topological polar surface area (TPSA) is 46.0 Å². The predicted molar refractivity (Wildman–Crippen MR) is 127 cm³/mol. The number of nitrogens with zero attached hydrogens (tertiary/aromatic N) is 4. The van der Waals surface area contributed by atoms with Crippen LogP contribution in [0.2, 0.25) is 0 Å². The van der Waals surface area contributed by atoms with Gasteiger partial charge in [0, 0.05) is 30.0 Å². The molecule has 0 aliphatic carbocycles. The van der Waals surface area contributed by atoms with E-state index in [4.69, 9.17) is 12.2 Å². The number of anilines is 1. The summed E-state index contributed by atoms with van der Waals surface area (Å²) in [5.74, 6) is 0. The number of rotatable bonds is 5. The zero-order valence-electron chi connectivity index (χ0n) is 17.2. The monoisotopic (exact) mass is 425 g/mol. The highest BCUT2D eigenvalue weighted by molar-refractivity contribution is 7.80. The highest BCUT2D eigenvalue weighted by Crippen LogP contribution is 2.42. The van der Waals surface area contributed by atoms with E-state index in [1.807, 2.05) is 36.7 Å². The molecular formula is C25H23N5S. The molecule has 6 heteroatoms. The van der Waals surface area contributed by atoms with Crippen molar-refractivity contribution in [1.29, 1.82) is 0 Å². The third-order valence-corrected chi connectivity index (χ3v) is 6.04. The van der Waals surface area contributed by atoms with Crippen LogP contribution in [0.25, 0.3) is 5.69 Å². The average Bonchev–Trinajstić information content (AvgIpc) is 3.44. The van der Waals surface area contributed by atoms with E-state index < -0.39 is 0 Å². The van der Waals surface area contributed by atoms with Gasteiger partial charge in [-0.1, -0.05) is 25.1 Å². The molecule has 5 rings (SSSR count). The maximum Gasteiger partial charge on any atom is 0.174 e. The molecule has 0 radical (unpaired) electrons. The smallest absolute Gasteiger partial charge is 0.174 e. The van der Waals surface area contributed by atoms with E-state index in [1.165, 1.54) is 5.56 Å². The van der Waals surface area contributed by atoms with Gasteiger partial charge >= 0.3 is 0 Å². The largest absolute Gasteiger partial charge is 0.351 e. The maximum atomic E-state index is 5.84. The number of hydrogen-bond donors (Lipinski definition) is 1. The Morgan fingerprint density at radius 3 is 2.52 bits per heavy atom. The molecule has 2 atom stereocenters. The average molecular weight is 426 g/mol. The zero-order chi connectivity index (χ0) is 21.2. The van der Waals surface area contributed by atoms with Crippen LogP contribution in [0.5, 0.6) is 0 Å². The van der Waals surface area contributed by atoms with Crippen LogP contribution in [-0.4, -0.2) is 19.6 Å². The molecule has 1 aliphatic heterocycles. The Hall–Kier alpha value is -3.51. The summed E-state index contributed by atoms with van der Waals surface area (Å²) in [5, 5.41) is 4.23. The normalized spacial score (nSPS) is 18.2. The van der Waals surface area contributed by atoms with Crippen LogP contribution in [-0.2, 0) is 6.42 Å². The molecule has 0 unspecified atom stereocenters. The first-order valence-electron chi connectivity index (χ1n) is 10.4. The van der Waals surface area contributed by atoms with E-state index in [9.17, 15) is 0 Å². The fourth-order valence-electron chi connectivity index (χ4n) is 4.19. The lowest BCUT2D eigenvalue weighted by Crippen LogP contribution is -2.30. The number of aryl methyl sites for hydroxylation is 1. The first kappa shape index (κ1) is 19.5. The van der Waals surface area contributed by atoms with Crippen molar-refractivity contribution in [2.75, 3.05) is 4.90 Å². The second kappa shape index (κ2) is 8.32. The summed E-state index contributed by atoms with van der Waals surface area (Å²) in [5.41, 5.74) is 5.47. The van der Waals surface area contributed by atoms with Crippen LogP contribution in [0.3, 0.4) is 0 Å². The fourth-order valence-corrected chi connectivity index (χ4v) is 4.54. The molecule has 3 aromatic heterocycles. The van der Waals surface area contributed by atoms with Crippen LogP contribution in [0, 0.1) is 0 Å². The third kappa shape index (κ3) is 3.59. The molecule has 154 valence electrons. The van der Waals surface area contributed by atoms with Gasteiger partial charge < -0.3 is 14.8 Å². The Morgan fingerprint density at radius 2 is 1.81 bits per heavy atom. The highest BCUT2D eigenvalue weighted by Gasteiger charge is 2.42. The van der Waals surface area contributed by atoms with Crippen LogP contribution in [0.15, 0.2) is 91.5 Å². The fraction of sp³-hybridized carbons (Fsp3) is 0.160. The quantitative estimate of drug-likeness (QED) is 0.456. The first-order chi connectivity index (χ1) is 15.3. The van der Waals surface area contributed by atoms with Gasteiger partial charge in [0.2, 0.25) is 0 Å². The van der Waals surface area contributed by atoms with E-state index in [1.54, 1.807) is 6.20 Å². The molecule has 0 amide bonds. The van der Waals surface area contributed by atoms with Crippen LogP contribution >= 0.6 is 12.2 Å². The second-order valence-corrected chi connectivity index (χ2v) is 7.92. The molecule has 1 saturated heterocycles. The molecule has 31 heavy (non-hydrogen) atoms. The van der Waals surface area contributed by atoms with Gasteiger partial charge in [-0.15, -0.1) is 0 Å². The van der Waals surface area contributed by atoms with E-state index >= 15 is 0 Å². The molecule has 4 heterocycles. The van der Waals surface area contributed by atoms with Crippen molar-refractivity contribution in [3.05, 3.63) is 108 Å². The molecule has 0 saturated carbocycles. The van der Waals surface area contributed by atoms with Gasteiger partial charge in [0.15, 0.2) is 5.11 Å². The van der Waals surface area contributed by atoms with Gasteiger partial charge in [-0.2, -0.15) is 0 Å². The Labute approximate surface area is 187 Å². The Balaban J connectivity index is 1.65. The zero-order valence-corrected chi connectivity index (χ0v) is 18.0. The molecule has 0 spiro atoms. The second-order valence-electron chi connectivity index (χ2n) is 7.53. The molecule has 1 aromatic carbocycles. The van der Waals surface area contributed by atoms with E-state index in [2.05, 4.69) is 80.3 Å². The van der Waals surface area contributed by atoms with Crippen molar-refractivity contribution in [1.82, 2.24) is 19.9 Å². The van der Waals surface area contributed by atoms with Crippen molar-refractivity contribution >= 4 is 23.0 Å². The summed E-state index contributed by atoms with van der Waals surface area (Å²) in [4.78, 5) is 11.2. The molecule has 1 N–H and O–H groups in total. The van der Waals surface area contributed by atoms with Gasteiger partial charge in [-0.3, -0.25) is 9.97 Å². The van der Waals surface area contributed by atoms with Crippen molar-refractivity contribution in [3.8, 4) is 5.69 Å². The summed E-state index contributed by atoms with van der Waals surface area (Å²) >= 11 is 5.84. The lowest BCUT2D eigenvalue weighted by atomic mass is 10.0. The number of hydrogen-bond acceptors (Lipinski definition) is 3. The number of thiocarbonyl (C=S) groups is 1. The molecule has 1 aliphatic rings. The molecule has 1 fully saturated rings. The van der Waals surface area contributed by atoms with Crippen LogP contribution in [0.4, 0.5) is 5.69 Å². The molecule has 0 bridgehead atoms. The number of aromatic nitrogens is 3. The maximum absolute atomic E-state index is 5.84. The van der Waals surface area contributed by atoms with Gasteiger partial charge in [0.05, 0.1) is 23.6 Å². The summed E-state index contributed by atoms with van der Waals surface area (Å²) in [7, 11) is 0. The van der Waals surface area contributed by atoms with Crippen molar-refractivity contribution in [3.63, 3.8) is 0 Å². The number of nitrogens with one attached hydrogen (secondary N) is 1. The van der Waals surface area contributed by atoms with Gasteiger partial charge in [0.25, 0.3) is 0 Å². The summed E-state index contributed by atoms with van der Waals surface area (Å²) in [6.07, 6.45) is 8.57. The minimum absolute atomic E-state index is 0.0647. The highest BCUT2D eigenvalue weighted by atomic mass is 32.1. The van der Waals surface area contributed by atoms with Gasteiger partial charge in [-0.25, -0.2) is 0 Å². The van der Waals surface area contributed by atoms with Crippen molar-refractivity contribution < 1.29 is 0 Å². The standard InChI is InChI=1S/C25H23N5S/c1-2-18-10-12-19(13-11-18)30-24(23(28-25(30)31)21-8-3-4-15-27-21)22-9-6-16-29(22)20-7-5-14-26-17-20/h3-17,23-24H,2H2,1H3,(H,28,31)/t23-,24+/m0/s1. The lowest BCUT2D eigenvalue weighted by Gasteiger charge is -2.29. The van der Waals surface area contributed by atoms with Crippen molar-refractivity contribution in [2.45, 2.75) is 25.4 Å². The molecule has 5 nitrogen and oxygen atoms in total. The Bertz CT molecular complexity index is 1170. The summed E-state index contributed by atoms with van der Waals surface area (Å²) in [6, 6.07) is 22.7. The lowest BCUT2D eigenvalue weighted by molar-refractivity contribution is 0.549.